The zero-order valence-corrected chi connectivity index (χ0v) is 13.0. The molecule has 7 heteroatoms. The summed E-state index contributed by atoms with van der Waals surface area (Å²) in [5.74, 6) is -1.47. The molecule has 1 aromatic carbocycles. The predicted molar refractivity (Wildman–Crippen MR) is 80.2 cm³/mol. The molecule has 0 bridgehead atoms. The van der Waals surface area contributed by atoms with E-state index in [0.29, 0.717) is 0 Å². The highest BCUT2D eigenvalue weighted by Gasteiger charge is 2.28. The highest BCUT2D eigenvalue weighted by Crippen LogP contribution is 2.24. The second kappa shape index (κ2) is 7.00. The molecule has 114 valence electrons. The summed E-state index contributed by atoms with van der Waals surface area (Å²) < 4.78 is 13.7. The van der Waals surface area contributed by atoms with Gasteiger partial charge in [0.15, 0.2) is 0 Å². The fraction of sp³-hybridized carbons (Fsp3) is 0.429. The van der Waals surface area contributed by atoms with Crippen LogP contribution in [0.25, 0.3) is 0 Å². The first-order valence-electron chi connectivity index (χ1n) is 6.74. The highest BCUT2D eigenvalue weighted by molar-refractivity contribution is 9.10. The number of benzene rings is 1. The number of nitrogens with one attached hydrogen (secondary N) is 1. The Morgan fingerprint density at radius 3 is 2.67 bits per heavy atom. The molecule has 0 atom stereocenters. The molecule has 2 amide bonds. The zero-order valence-electron chi connectivity index (χ0n) is 11.4. The van der Waals surface area contributed by atoms with E-state index in [4.69, 9.17) is 5.73 Å². The lowest BCUT2D eigenvalue weighted by molar-refractivity contribution is -0.119. The smallest absolute Gasteiger partial charge is 0.255 e. The van der Waals surface area contributed by atoms with Gasteiger partial charge in [-0.05, 0) is 54.0 Å². The van der Waals surface area contributed by atoms with Crippen LogP contribution in [0.2, 0.25) is 0 Å². The van der Waals surface area contributed by atoms with Crippen LogP contribution in [0.3, 0.4) is 0 Å². The molecule has 0 aliphatic carbocycles. The molecule has 0 saturated carbocycles. The summed E-state index contributed by atoms with van der Waals surface area (Å²) in [5.41, 5.74) is 5.45. The van der Waals surface area contributed by atoms with Gasteiger partial charge in [0.1, 0.15) is 5.82 Å². The van der Waals surface area contributed by atoms with E-state index in [1.165, 1.54) is 23.1 Å². The minimum atomic E-state index is -0.575. The summed E-state index contributed by atoms with van der Waals surface area (Å²) >= 11 is 3.09. The molecule has 0 spiro atoms. The molecule has 0 radical (unpaired) electrons. The van der Waals surface area contributed by atoms with Crippen molar-refractivity contribution in [2.24, 2.45) is 5.73 Å². The van der Waals surface area contributed by atoms with Crippen LogP contribution in [0.5, 0.6) is 0 Å². The third-order valence-corrected chi connectivity index (χ3v) is 4.32. The van der Waals surface area contributed by atoms with Crippen LogP contribution >= 0.6 is 15.9 Å². The number of hydrogen-bond donors (Lipinski definition) is 2. The van der Waals surface area contributed by atoms with E-state index in [1.807, 2.05) is 0 Å². The third kappa shape index (κ3) is 3.79. The number of rotatable bonds is 4. The van der Waals surface area contributed by atoms with Gasteiger partial charge in [-0.25, -0.2) is 4.39 Å². The molecule has 1 aromatic rings. The van der Waals surface area contributed by atoms with Crippen LogP contribution in [-0.2, 0) is 4.79 Å². The maximum atomic E-state index is 13.6. The Labute approximate surface area is 130 Å². The number of nitrogens with two attached hydrogens (primary N) is 1. The Morgan fingerprint density at radius 1 is 1.38 bits per heavy atom. The number of amides is 2. The van der Waals surface area contributed by atoms with Gasteiger partial charge in [0.2, 0.25) is 5.91 Å². The van der Waals surface area contributed by atoms with Gasteiger partial charge in [-0.15, -0.1) is 0 Å². The second-order valence-corrected chi connectivity index (χ2v) is 5.77. The van der Waals surface area contributed by atoms with Crippen molar-refractivity contribution in [3.8, 4) is 0 Å². The van der Waals surface area contributed by atoms with Crippen molar-refractivity contribution in [1.29, 1.82) is 0 Å². The predicted octanol–water partition coefficient (Wildman–Crippen LogP) is 1.27. The van der Waals surface area contributed by atoms with E-state index in [9.17, 15) is 14.0 Å². The Kier molecular flexibility index (Phi) is 5.30. The summed E-state index contributed by atoms with van der Waals surface area (Å²) in [4.78, 5) is 25.4. The molecule has 1 fully saturated rings. The molecular formula is C14H17BrFN3O2. The van der Waals surface area contributed by atoms with Gasteiger partial charge in [-0.3, -0.25) is 9.59 Å². The number of carbonyl (C=O) groups is 2. The minimum absolute atomic E-state index is 0.0681. The average molecular weight is 358 g/mol. The first-order valence-corrected chi connectivity index (χ1v) is 7.54. The summed E-state index contributed by atoms with van der Waals surface area (Å²) in [6.45, 7) is 1.39. The fourth-order valence-corrected chi connectivity index (χ4v) is 2.91. The van der Waals surface area contributed by atoms with Crippen LogP contribution < -0.4 is 11.1 Å². The Hall–Kier alpha value is -1.47. The molecular weight excluding hydrogens is 341 g/mol. The van der Waals surface area contributed by atoms with Gasteiger partial charge in [-0.1, -0.05) is 6.07 Å². The normalized spacial score (nSPS) is 15.7. The molecule has 5 nitrogen and oxygen atoms in total. The van der Waals surface area contributed by atoms with E-state index in [0.717, 1.165) is 25.9 Å². The number of primary amides is 1. The Morgan fingerprint density at radius 2 is 2.05 bits per heavy atom. The summed E-state index contributed by atoms with van der Waals surface area (Å²) in [6, 6.07) is 4.20. The van der Waals surface area contributed by atoms with Crippen LogP contribution in [0.1, 0.15) is 23.2 Å². The maximum Gasteiger partial charge on any atom is 0.255 e. The number of hydrogen-bond acceptors (Lipinski definition) is 3. The first kappa shape index (κ1) is 15.9. The topological polar surface area (TPSA) is 75.4 Å². The number of halogens is 2. The highest BCUT2D eigenvalue weighted by atomic mass is 79.9. The first-order chi connectivity index (χ1) is 10.0. The van der Waals surface area contributed by atoms with Gasteiger partial charge < -0.3 is 16.0 Å². The molecule has 1 aliphatic rings. The van der Waals surface area contributed by atoms with E-state index in [-0.39, 0.29) is 28.5 Å². The van der Waals surface area contributed by atoms with E-state index in [1.54, 1.807) is 0 Å². The lowest BCUT2D eigenvalue weighted by atomic mass is 10.0. The monoisotopic (exact) mass is 357 g/mol. The molecule has 1 heterocycles. The van der Waals surface area contributed by atoms with Crippen LogP contribution in [0, 0.1) is 5.82 Å². The van der Waals surface area contributed by atoms with E-state index >= 15 is 0 Å². The number of nitrogens with zero attached hydrogens (tertiary/aromatic N) is 1. The summed E-state index contributed by atoms with van der Waals surface area (Å²) in [7, 11) is 0. The van der Waals surface area contributed by atoms with Gasteiger partial charge >= 0.3 is 0 Å². The summed E-state index contributed by atoms with van der Waals surface area (Å²) in [6.07, 6.45) is 1.48. The lowest BCUT2D eigenvalue weighted by Gasteiger charge is -2.34. The van der Waals surface area contributed by atoms with Crippen molar-refractivity contribution in [3.63, 3.8) is 0 Å². The fourth-order valence-electron chi connectivity index (χ4n) is 2.48. The number of piperidine rings is 1. The quantitative estimate of drug-likeness (QED) is 0.851. The van der Waals surface area contributed by atoms with Gasteiger partial charge in [-0.2, -0.15) is 0 Å². The van der Waals surface area contributed by atoms with Crippen molar-refractivity contribution in [1.82, 2.24) is 10.2 Å². The SMILES string of the molecule is NC(=O)CN(C(=O)c1cccc(F)c1Br)C1CCNCC1. The van der Waals surface area contributed by atoms with Gasteiger partial charge in [0, 0.05) is 6.04 Å². The van der Waals surface area contributed by atoms with Gasteiger partial charge in [0.05, 0.1) is 16.6 Å². The van der Waals surface area contributed by atoms with Crippen LogP contribution in [-0.4, -0.2) is 42.4 Å². The van der Waals surface area contributed by atoms with Crippen LogP contribution in [0.15, 0.2) is 22.7 Å². The second-order valence-electron chi connectivity index (χ2n) is 4.98. The molecule has 2 rings (SSSR count). The largest absolute Gasteiger partial charge is 0.368 e. The standard InChI is InChI=1S/C14H17BrFN3O2/c15-13-10(2-1-3-11(13)16)14(21)19(8-12(17)20)9-4-6-18-7-5-9/h1-3,9,18H,4-8H2,(H2,17,20). The Balaban J connectivity index is 2.28. The molecule has 1 aliphatic heterocycles. The minimum Gasteiger partial charge on any atom is -0.368 e. The van der Waals surface area contributed by atoms with Crippen molar-refractivity contribution in [2.75, 3.05) is 19.6 Å². The molecule has 21 heavy (non-hydrogen) atoms. The van der Waals surface area contributed by atoms with Crippen molar-refractivity contribution in [2.45, 2.75) is 18.9 Å². The molecule has 3 N–H and O–H groups in total. The van der Waals surface area contributed by atoms with Crippen molar-refractivity contribution >= 4 is 27.7 Å². The average Bonchev–Trinajstić information content (AvgIpc) is 2.48. The van der Waals surface area contributed by atoms with Crippen molar-refractivity contribution < 1.29 is 14.0 Å². The molecule has 1 saturated heterocycles. The Bertz CT molecular complexity index is 547. The number of carbonyl (C=O) groups excluding carboxylic acids is 2. The van der Waals surface area contributed by atoms with E-state index < -0.39 is 11.7 Å². The summed E-state index contributed by atoms with van der Waals surface area (Å²) in [5, 5.41) is 3.20. The van der Waals surface area contributed by atoms with E-state index in [2.05, 4.69) is 21.2 Å². The zero-order chi connectivity index (χ0) is 15.4. The van der Waals surface area contributed by atoms with Crippen molar-refractivity contribution in [3.05, 3.63) is 34.1 Å². The maximum absolute atomic E-state index is 13.6. The molecule has 0 unspecified atom stereocenters. The lowest BCUT2D eigenvalue weighted by Crippen LogP contribution is -2.49. The molecule has 0 aromatic heterocycles. The van der Waals surface area contributed by atoms with Crippen LogP contribution in [0.4, 0.5) is 4.39 Å². The third-order valence-electron chi connectivity index (χ3n) is 3.52. The van der Waals surface area contributed by atoms with Gasteiger partial charge in [0.25, 0.3) is 5.91 Å².